The second-order valence-corrected chi connectivity index (χ2v) is 8.32. The van der Waals surface area contributed by atoms with Crippen LogP contribution < -0.4 is 14.7 Å². The molecule has 0 N–H and O–H groups in total. The van der Waals surface area contributed by atoms with Crippen molar-refractivity contribution in [3.8, 4) is 0 Å². The van der Waals surface area contributed by atoms with Crippen LogP contribution in [-0.2, 0) is 9.59 Å². The molecule has 3 aromatic carbocycles. The molecule has 0 atom stereocenters. The fourth-order valence-corrected chi connectivity index (χ4v) is 3.90. The molecule has 1 heterocycles. The van der Waals surface area contributed by atoms with E-state index in [1.807, 2.05) is 31.1 Å². The lowest BCUT2D eigenvalue weighted by atomic mass is 10.0. The number of hydrogen-bond acceptors (Lipinski definition) is 4. The molecule has 1 aliphatic rings. The average Bonchev–Trinajstić information content (AvgIpc) is 2.79. The number of halogens is 2. The number of rotatable bonds is 4. The number of imide groups is 2. The van der Waals surface area contributed by atoms with E-state index in [1.54, 1.807) is 60.7 Å². The molecule has 0 aromatic heterocycles. The van der Waals surface area contributed by atoms with Crippen molar-refractivity contribution in [2.24, 2.45) is 0 Å². The summed E-state index contributed by atoms with van der Waals surface area (Å²) >= 11 is 12.6. The Bertz CT molecular complexity index is 1220. The fourth-order valence-electron chi connectivity index (χ4n) is 3.46. The third-order valence-electron chi connectivity index (χ3n) is 5.16. The molecule has 0 radical (unpaired) electrons. The average molecular weight is 480 g/mol. The van der Waals surface area contributed by atoms with Gasteiger partial charge in [0.1, 0.15) is 5.57 Å². The van der Waals surface area contributed by atoms with Gasteiger partial charge in [-0.05, 0) is 48.0 Å². The molecular weight excluding hydrogens is 461 g/mol. The first-order valence-electron chi connectivity index (χ1n) is 10.0. The summed E-state index contributed by atoms with van der Waals surface area (Å²) in [4.78, 5) is 44.0. The summed E-state index contributed by atoms with van der Waals surface area (Å²) in [5, 5.41) is 0.393. The Morgan fingerprint density at radius 2 is 1.15 bits per heavy atom. The zero-order chi connectivity index (χ0) is 23.7. The van der Waals surface area contributed by atoms with Gasteiger partial charge >= 0.3 is 6.03 Å². The van der Waals surface area contributed by atoms with E-state index < -0.39 is 17.8 Å². The van der Waals surface area contributed by atoms with Crippen molar-refractivity contribution in [2.45, 2.75) is 0 Å². The normalized spacial score (nSPS) is 14.1. The van der Waals surface area contributed by atoms with Gasteiger partial charge in [0.2, 0.25) is 0 Å². The van der Waals surface area contributed by atoms with E-state index in [9.17, 15) is 14.4 Å². The SMILES string of the molecule is CN(C)c1ccc(C=C2C(=O)N(c3ccccc3Cl)C(=O)N(c3ccccc3Cl)C2=O)cc1. The van der Waals surface area contributed by atoms with Crippen LogP contribution in [0.25, 0.3) is 6.08 Å². The van der Waals surface area contributed by atoms with E-state index in [4.69, 9.17) is 23.2 Å². The van der Waals surface area contributed by atoms with Crippen LogP contribution in [-0.4, -0.2) is 31.9 Å². The van der Waals surface area contributed by atoms with E-state index in [0.717, 1.165) is 15.5 Å². The largest absolute Gasteiger partial charge is 0.378 e. The highest BCUT2D eigenvalue weighted by Crippen LogP contribution is 2.35. The predicted molar refractivity (Wildman–Crippen MR) is 132 cm³/mol. The maximum atomic E-state index is 13.4. The molecule has 1 fully saturated rings. The molecule has 3 aromatic rings. The number of carbonyl (C=O) groups excluding carboxylic acids is 3. The van der Waals surface area contributed by atoms with Crippen molar-refractivity contribution in [3.05, 3.63) is 94.0 Å². The van der Waals surface area contributed by atoms with Gasteiger partial charge in [-0.1, -0.05) is 59.6 Å². The number of barbiturate groups is 1. The number of benzene rings is 3. The number of hydrogen-bond donors (Lipinski definition) is 0. The van der Waals surface area contributed by atoms with Gasteiger partial charge in [-0.2, -0.15) is 0 Å². The Labute approximate surface area is 201 Å². The molecule has 33 heavy (non-hydrogen) atoms. The minimum absolute atomic E-state index is 0.174. The van der Waals surface area contributed by atoms with Crippen LogP contribution >= 0.6 is 23.2 Å². The van der Waals surface area contributed by atoms with Gasteiger partial charge in [0.05, 0.1) is 21.4 Å². The van der Waals surface area contributed by atoms with Gasteiger partial charge in [-0.25, -0.2) is 14.6 Å². The third-order valence-corrected chi connectivity index (χ3v) is 5.80. The molecule has 4 amide bonds. The minimum atomic E-state index is -0.855. The number of anilines is 3. The number of para-hydroxylation sites is 2. The van der Waals surface area contributed by atoms with E-state index in [1.165, 1.54) is 6.08 Å². The van der Waals surface area contributed by atoms with Gasteiger partial charge in [-0.15, -0.1) is 0 Å². The molecule has 4 rings (SSSR count). The minimum Gasteiger partial charge on any atom is -0.378 e. The Hall–Kier alpha value is -3.61. The van der Waals surface area contributed by atoms with Gasteiger partial charge < -0.3 is 4.90 Å². The smallest absolute Gasteiger partial charge is 0.343 e. The highest BCUT2D eigenvalue weighted by atomic mass is 35.5. The van der Waals surface area contributed by atoms with Crippen molar-refractivity contribution < 1.29 is 14.4 Å². The molecule has 6 nitrogen and oxygen atoms in total. The molecular formula is C25H19Cl2N3O3. The van der Waals surface area contributed by atoms with Crippen LogP contribution in [0.3, 0.4) is 0 Å². The van der Waals surface area contributed by atoms with Gasteiger partial charge in [-0.3, -0.25) is 9.59 Å². The first-order valence-corrected chi connectivity index (χ1v) is 10.8. The first kappa shape index (κ1) is 22.6. The second-order valence-electron chi connectivity index (χ2n) is 7.51. The van der Waals surface area contributed by atoms with E-state index in [2.05, 4.69) is 0 Å². The standard InChI is InChI=1S/C25H19Cl2N3O3/c1-28(2)17-13-11-16(12-14-17)15-18-23(31)29(21-9-5-3-7-19(21)26)25(33)30(24(18)32)22-10-6-4-8-20(22)27/h3-15H,1-2H3. The Morgan fingerprint density at radius 1 is 0.697 bits per heavy atom. The molecule has 0 saturated carbocycles. The zero-order valence-electron chi connectivity index (χ0n) is 17.8. The Balaban J connectivity index is 1.87. The molecule has 1 saturated heterocycles. The van der Waals surface area contributed by atoms with Crippen molar-refractivity contribution in [3.63, 3.8) is 0 Å². The zero-order valence-corrected chi connectivity index (χ0v) is 19.3. The third kappa shape index (κ3) is 4.23. The molecule has 8 heteroatoms. The van der Waals surface area contributed by atoms with Crippen LogP contribution in [0, 0.1) is 0 Å². The van der Waals surface area contributed by atoms with E-state index in [-0.39, 0.29) is 27.0 Å². The predicted octanol–water partition coefficient (Wildman–Crippen LogP) is 5.64. The summed E-state index contributed by atoms with van der Waals surface area (Å²) in [7, 11) is 3.83. The van der Waals surface area contributed by atoms with Gasteiger partial charge in [0.15, 0.2) is 0 Å². The van der Waals surface area contributed by atoms with Gasteiger partial charge in [0, 0.05) is 19.8 Å². The lowest BCUT2D eigenvalue weighted by molar-refractivity contribution is -0.121. The number of nitrogens with zero attached hydrogens (tertiary/aromatic N) is 3. The quantitative estimate of drug-likeness (QED) is 0.358. The summed E-state index contributed by atoms with van der Waals surface area (Å²) in [5.74, 6) is -1.53. The topological polar surface area (TPSA) is 60.9 Å². The fraction of sp³-hybridized carbons (Fsp3) is 0.0800. The first-order chi connectivity index (χ1) is 15.8. The Morgan fingerprint density at radius 3 is 1.58 bits per heavy atom. The van der Waals surface area contributed by atoms with Crippen LogP contribution in [0.2, 0.25) is 10.0 Å². The summed E-state index contributed by atoms with van der Waals surface area (Å²) in [5.41, 5.74) is 1.75. The highest BCUT2D eigenvalue weighted by molar-refractivity contribution is 6.48. The monoisotopic (exact) mass is 479 g/mol. The van der Waals surface area contributed by atoms with Gasteiger partial charge in [0.25, 0.3) is 11.8 Å². The lowest BCUT2D eigenvalue weighted by Crippen LogP contribution is -2.57. The van der Waals surface area contributed by atoms with Crippen molar-refractivity contribution in [1.29, 1.82) is 0 Å². The van der Waals surface area contributed by atoms with Crippen molar-refractivity contribution in [2.75, 3.05) is 28.8 Å². The molecule has 1 aliphatic heterocycles. The summed E-state index contributed by atoms with van der Waals surface area (Å²) in [6, 6.07) is 19.4. The highest BCUT2D eigenvalue weighted by Gasteiger charge is 2.44. The maximum Gasteiger partial charge on any atom is 0.343 e. The van der Waals surface area contributed by atoms with Crippen LogP contribution in [0.5, 0.6) is 0 Å². The molecule has 0 bridgehead atoms. The summed E-state index contributed by atoms with van der Waals surface area (Å²) in [6.07, 6.45) is 1.46. The molecule has 166 valence electrons. The summed E-state index contributed by atoms with van der Waals surface area (Å²) < 4.78 is 0. The summed E-state index contributed by atoms with van der Waals surface area (Å²) in [6.45, 7) is 0. The van der Waals surface area contributed by atoms with Crippen LogP contribution in [0.1, 0.15) is 5.56 Å². The van der Waals surface area contributed by atoms with Crippen LogP contribution in [0.15, 0.2) is 78.4 Å². The van der Waals surface area contributed by atoms with Crippen molar-refractivity contribution in [1.82, 2.24) is 0 Å². The molecule has 0 aliphatic carbocycles. The number of urea groups is 1. The van der Waals surface area contributed by atoms with E-state index in [0.29, 0.717) is 5.56 Å². The maximum absolute atomic E-state index is 13.4. The van der Waals surface area contributed by atoms with E-state index >= 15 is 0 Å². The molecule has 0 spiro atoms. The molecule has 0 unspecified atom stereocenters. The van der Waals surface area contributed by atoms with Crippen LogP contribution in [0.4, 0.5) is 21.9 Å². The number of amides is 4. The second kappa shape index (κ2) is 9.10. The lowest BCUT2D eigenvalue weighted by Gasteiger charge is -2.34. The van der Waals surface area contributed by atoms with Crippen molar-refractivity contribution >= 4 is 64.2 Å². The number of carbonyl (C=O) groups is 3. The Kier molecular flexibility index (Phi) is 6.22.